The maximum Gasteiger partial charge on any atom is 0.247 e. The summed E-state index contributed by atoms with van der Waals surface area (Å²) in [7, 11) is 0. The van der Waals surface area contributed by atoms with Crippen LogP contribution in [0.2, 0.25) is 5.02 Å². The smallest absolute Gasteiger partial charge is 0.247 e. The summed E-state index contributed by atoms with van der Waals surface area (Å²) in [4.78, 5) is 25.1. The summed E-state index contributed by atoms with van der Waals surface area (Å²) in [6.07, 6.45) is 7.16. The van der Waals surface area contributed by atoms with Crippen LogP contribution in [0.4, 0.5) is 0 Å². The predicted molar refractivity (Wildman–Crippen MR) is 83.6 cm³/mol. The fourth-order valence-corrected chi connectivity index (χ4v) is 2.84. The molecular formula is C16H19ClN2O2. The van der Waals surface area contributed by atoms with E-state index >= 15 is 0 Å². The summed E-state index contributed by atoms with van der Waals surface area (Å²) in [5.41, 5.74) is 6.03. The van der Waals surface area contributed by atoms with Gasteiger partial charge in [0, 0.05) is 17.1 Å². The van der Waals surface area contributed by atoms with Crippen molar-refractivity contribution in [3.63, 3.8) is 0 Å². The Labute approximate surface area is 129 Å². The molecule has 2 amide bonds. The van der Waals surface area contributed by atoms with Crippen LogP contribution in [0.5, 0.6) is 0 Å². The number of primary amides is 1. The van der Waals surface area contributed by atoms with Crippen LogP contribution >= 0.6 is 11.6 Å². The van der Waals surface area contributed by atoms with Gasteiger partial charge in [0.1, 0.15) is 0 Å². The molecule has 2 N–H and O–H groups in total. The minimum atomic E-state index is -0.485. The topological polar surface area (TPSA) is 63.4 Å². The number of hydrogen-bond acceptors (Lipinski definition) is 2. The van der Waals surface area contributed by atoms with Crippen LogP contribution in [0.25, 0.3) is 6.08 Å². The molecule has 21 heavy (non-hydrogen) atoms. The summed E-state index contributed by atoms with van der Waals surface area (Å²) in [6, 6.07) is 7.40. The van der Waals surface area contributed by atoms with Crippen molar-refractivity contribution in [3.8, 4) is 0 Å². The standard InChI is InChI=1S/C16H19ClN2O2/c17-14-8-4-1-5-12(14)9-10-16(21)19(11-15(18)20)13-6-2-3-7-13/h1,4-5,8-10,13H,2-3,6-7,11H2,(H2,18,20)/b10-9+. The van der Waals surface area contributed by atoms with Gasteiger partial charge in [-0.2, -0.15) is 0 Å². The highest BCUT2D eigenvalue weighted by atomic mass is 35.5. The molecule has 4 nitrogen and oxygen atoms in total. The summed E-state index contributed by atoms with van der Waals surface area (Å²) < 4.78 is 0. The molecule has 1 fully saturated rings. The first-order valence-corrected chi connectivity index (χ1v) is 7.47. The molecule has 0 radical (unpaired) electrons. The van der Waals surface area contributed by atoms with Crippen LogP contribution in [0.3, 0.4) is 0 Å². The molecule has 0 spiro atoms. The highest BCUT2D eigenvalue weighted by Gasteiger charge is 2.26. The Morgan fingerprint density at radius 3 is 2.57 bits per heavy atom. The molecule has 1 aliphatic carbocycles. The first kappa shape index (κ1) is 15.6. The van der Waals surface area contributed by atoms with E-state index in [-0.39, 0.29) is 18.5 Å². The SMILES string of the molecule is NC(=O)CN(C(=O)/C=C/c1ccccc1Cl)C1CCCC1. The Hall–Kier alpha value is -1.81. The monoisotopic (exact) mass is 306 g/mol. The molecule has 2 rings (SSSR count). The fraction of sp³-hybridized carbons (Fsp3) is 0.375. The second-order valence-corrected chi connectivity index (χ2v) is 5.63. The Bertz CT molecular complexity index is 551. The largest absolute Gasteiger partial charge is 0.368 e. The highest BCUT2D eigenvalue weighted by molar-refractivity contribution is 6.32. The van der Waals surface area contributed by atoms with Crippen molar-refractivity contribution >= 4 is 29.5 Å². The number of rotatable bonds is 5. The lowest BCUT2D eigenvalue weighted by atomic mass is 10.1. The van der Waals surface area contributed by atoms with Gasteiger partial charge in [0.2, 0.25) is 11.8 Å². The van der Waals surface area contributed by atoms with Crippen LogP contribution in [0, 0.1) is 0 Å². The molecule has 1 aromatic carbocycles. The molecular weight excluding hydrogens is 288 g/mol. The van der Waals surface area contributed by atoms with E-state index in [1.165, 1.54) is 6.08 Å². The van der Waals surface area contributed by atoms with E-state index < -0.39 is 5.91 Å². The first-order valence-electron chi connectivity index (χ1n) is 7.09. The molecule has 1 saturated carbocycles. The number of amides is 2. The van der Waals surface area contributed by atoms with Gasteiger partial charge in [0.05, 0.1) is 6.54 Å². The summed E-state index contributed by atoms with van der Waals surface area (Å²) in [5.74, 6) is -0.679. The third kappa shape index (κ3) is 4.33. The van der Waals surface area contributed by atoms with E-state index in [1.807, 2.05) is 18.2 Å². The van der Waals surface area contributed by atoms with E-state index in [9.17, 15) is 9.59 Å². The molecule has 0 bridgehead atoms. The summed E-state index contributed by atoms with van der Waals surface area (Å²) >= 11 is 6.05. The van der Waals surface area contributed by atoms with Crippen LogP contribution < -0.4 is 5.73 Å². The van der Waals surface area contributed by atoms with Crippen LogP contribution in [0.15, 0.2) is 30.3 Å². The molecule has 0 unspecified atom stereocenters. The van der Waals surface area contributed by atoms with Gasteiger partial charge in [-0.05, 0) is 30.5 Å². The fourth-order valence-electron chi connectivity index (χ4n) is 2.64. The van der Waals surface area contributed by atoms with E-state index in [1.54, 1.807) is 17.0 Å². The van der Waals surface area contributed by atoms with Gasteiger partial charge >= 0.3 is 0 Å². The average molecular weight is 307 g/mol. The third-order valence-electron chi connectivity index (χ3n) is 3.69. The van der Waals surface area contributed by atoms with Gasteiger partial charge in [-0.15, -0.1) is 0 Å². The third-order valence-corrected chi connectivity index (χ3v) is 4.03. The number of hydrogen-bond donors (Lipinski definition) is 1. The quantitative estimate of drug-likeness (QED) is 0.850. The lowest BCUT2D eigenvalue weighted by Gasteiger charge is -2.26. The molecule has 0 heterocycles. The van der Waals surface area contributed by atoms with E-state index in [2.05, 4.69) is 0 Å². The highest BCUT2D eigenvalue weighted by Crippen LogP contribution is 2.24. The number of benzene rings is 1. The molecule has 112 valence electrons. The molecule has 0 saturated heterocycles. The lowest BCUT2D eigenvalue weighted by molar-refractivity contribution is -0.133. The number of carbonyl (C=O) groups is 2. The van der Waals surface area contributed by atoms with E-state index in [4.69, 9.17) is 17.3 Å². The second-order valence-electron chi connectivity index (χ2n) is 5.23. The summed E-state index contributed by atoms with van der Waals surface area (Å²) in [5, 5.41) is 0.587. The van der Waals surface area contributed by atoms with Gasteiger partial charge < -0.3 is 10.6 Å². The van der Waals surface area contributed by atoms with Crippen molar-refractivity contribution in [3.05, 3.63) is 40.9 Å². The van der Waals surface area contributed by atoms with Crippen molar-refractivity contribution in [2.45, 2.75) is 31.7 Å². The van der Waals surface area contributed by atoms with Crippen molar-refractivity contribution in [1.82, 2.24) is 4.90 Å². The van der Waals surface area contributed by atoms with Crippen LogP contribution in [-0.2, 0) is 9.59 Å². The van der Waals surface area contributed by atoms with E-state index in [0.717, 1.165) is 31.2 Å². The Morgan fingerprint density at radius 1 is 1.29 bits per heavy atom. The maximum absolute atomic E-state index is 12.3. The number of halogens is 1. The summed E-state index contributed by atoms with van der Waals surface area (Å²) in [6.45, 7) is -0.0314. The Kier molecular flexibility index (Phi) is 5.39. The van der Waals surface area contributed by atoms with Crippen molar-refractivity contribution in [2.75, 3.05) is 6.54 Å². The average Bonchev–Trinajstić information content (AvgIpc) is 2.97. The molecule has 1 aromatic rings. The second kappa shape index (κ2) is 7.27. The van der Waals surface area contributed by atoms with Crippen molar-refractivity contribution in [1.29, 1.82) is 0 Å². The molecule has 0 aromatic heterocycles. The zero-order chi connectivity index (χ0) is 15.2. The Balaban J connectivity index is 2.10. The minimum Gasteiger partial charge on any atom is -0.368 e. The van der Waals surface area contributed by atoms with Crippen molar-refractivity contribution < 1.29 is 9.59 Å². The number of nitrogens with two attached hydrogens (primary N) is 1. The van der Waals surface area contributed by atoms with Gasteiger partial charge in [-0.1, -0.05) is 42.6 Å². The van der Waals surface area contributed by atoms with Crippen LogP contribution in [-0.4, -0.2) is 29.3 Å². The predicted octanol–water partition coefficient (Wildman–Crippen LogP) is 2.61. The van der Waals surface area contributed by atoms with E-state index in [0.29, 0.717) is 5.02 Å². The maximum atomic E-state index is 12.3. The zero-order valence-electron chi connectivity index (χ0n) is 11.8. The van der Waals surface area contributed by atoms with Gasteiger partial charge in [0.15, 0.2) is 0 Å². The Morgan fingerprint density at radius 2 is 1.95 bits per heavy atom. The normalized spacial score (nSPS) is 15.5. The molecule has 0 atom stereocenters. The van der Waals surface area contributed by atoms with Crippen molar-refractivity contribution in [2.24, 2.45) is 5.73 Å². The number of carbonyl (C=O) groups excluding carboxylic acids is 2. The van der Waals surface area contributed by atoms with Gasteiger partial charge in [-0.25, -0.2) is 0 Å². The molecule has 1 aliphatic rings. The van der Waals surface area contributed by atoms with Gasteiger partial charge in [0.25, 0.3) is 0 Å². The minimum absolute atomic E-state index is 0.0314. The lowest BCUT2D eigenvalue weighted by Crippen LogP contribution is -2.43. The molecule has 0 aliphatic heterocycles. The first-order chi connectivity index (χ1) is 10.1. The number of nitrogens with zero attached hydrogens (tertiary/aromatic N) is 1. The zero-order valence-corrected chi connectivity index (χ0v) is 12.6. The van der Waals surface area contributed by atoms with Gasteiger partial charge in [-0.3, -0.25) is 9.59 Å². The van der Waals surface area contributed by atoms with Crippen LogP contribution in [0.1, 0.15) is 31.2 Å². The molecule has 5 heteroatoms.